The van der Waals surface area contributed by atoms with Crippen LogP contribution in [0.2, 0.25) is 0 Å². The third-order valence-corrected chi connectivity index (χ3v) is 17.9. The number of rotatable bonds is 5. The van der Waals surface area contributed by atoms with Gasteiger partial charge in [0.15, 0.2) is 24.8 Å². The minimum absolute atomic E-state index is 0.237. The predicted molar refractivity (Wildman–Crippen MR) is 388 cm³/mol. The molecule has 8 heteroatoms. The lowest BCUT2D eigenvalue weighted by Crippen LogP contribution is -2.31. The fourth-order valence-electron chi connectivity index (χ4n) is 13.0. The second-order valence-corrected chi connectivity index (χ2v) is 24.5. The van der Waals surface area contributed by atoms with Crippen molar-refractivity contribution < 1.29 is 62.0 Å². The highest BCUT2D eigenvalue weighted by Crippen LogP contribution is 2.43. The van der Waals surface area contributed by atoms with Crippen LogP contribution in [0.15, 0.2) is 212 Å². The van der Waals surface area contributed by atoms with E-state index in [0.717, 1.165) is 127 Å². The Balaban J connectivity index is 0.000000132. The van der Waals surface area contributed by atoms with Gasteiger partial charge >= 0.3 is 0 Å². The molecule has 0 spiro atoms. The Kier molecular flexibility index (Phi) is 11.5. The van der Waals surface area contributed by atoms with E-state index in [1.807, 2.05) is 160 Å². The molecule has 8 aromatic carbocycles. The van der Waals surface area contributed by atoms with E-state index in [1.165, 1.54) is 6.92 Å². The molecule has 1 atom stereocenters. The van der Waals surface area contributed by atoms with Crippen molar-refractivity contribution in [2.45, 2.75) is 95.5 Å². The molecule has 0 aliphatic heterocycles. The number of fused-ring (bicyclic) bond motifs is 12. The summed E-state index contributed by atoms with van der Waals surface area (Å²) in [5.41, 5.74) is 19.1. The number of para-hydroxylation sites is 4. The maximum Gasteiger partial charge on any atom is 0.216 e. The smallest absolute Gasteiger partial charge is 0.216 e. The standard InChI is InChI=1S/2C22H22NO.2C21H20NO/c1-13-11-18(23(5)12-16(13)4)21-15(3)10-14(2)20-17-8-6-7-9-19(17)24-22(20)21;1-14(2)16-11-12-23(4)19(13-16)21-15(3)9-10-18-17-7-5-6-8-20(17)24-22(18)21;1-13-9-10-17-16-7-5-6-8-19(16)23-21(17)20(13)18-11-14(2)15(3)12-22(18)4;1-13-9-10-17(22(4)12-13)20-15(3)11-14(2)19-16-7-5-6-8-18(16)23-21(19)20/h6-12H,1-5H3;5-14H,1-4H3;2*5-12H,1-4H3/q4*+1/i2D3,4D3;1D3,14D;3D3;1D3,2D3. The summed E-state index contributed by atoms with van der Waals surface area (Å²) in [6.45, 7) is -0.739. The van der Waals surface area contributed by atoms with Crippen molar-refractivity contribution in [1.82, 2.24) is 0 Å². The van der Waals surface area contributed by atoms with Crippen molar-refractivity contribution in [2.24, 2.45) is 28.2 Å². The second-order valence-electron chi connectivity index (χ2n) is 24.5. The summed E-state index contributed by atoms with van der Waals surface area (Å²) in [6, 6.07) is 52.9. The number of hydrogen-bond acceptors (Lipinski definition) is 4. The van der Waals surface area contributed by atoms with Crippen molar-refractivity contribution in [1.29, 1.82) is 0 Å². The number of nitrogens with zero attached hydrogens (tertiary/aromatic N) is 4. The van der Waals surface area contributed by atoms with E-state index >= 15 is 0 Å². The second kappa shape index (κ2) is 24.9. The largest absolute Gasteiger partial charge is 0.455 e. The fourth-order valence-corrected chi connectivity index (χ4v) is 13.0. The van der Waals surface area contributed by atoms with Crippen molar-refractivity contribution in [3.8, 4) is 45.0 Å². The Labute approximate surface area is 577 Å². The highest BCUT2D eigenvalue weighted by molar-refractivity contribution is 6.14. The minimum Gasteiger partial charge on any atom is -0.455 e. The van der Waals surface area contributed by atoms with Crippen LogP contribution in [-0.4, -0.2) is 0 Å². The van der Waals surface area contributed by atoms with Gasteiger partial charge in [-0.1, -0.05) is 123 Å². The SMILES string of the molecule is [2H]C([2H])([2H])C([2H])(C)c1cc[n+](C)c(-c2c(C)ccc3c2oc2ccccc23)c1.[2H]C([2H])([2H])c1c[n+](C)c(-c2c(C)cc(C([2H])([2H])[2H])c3c2oc2ccccc23)cc1C.[2H]C([2H])([2H])c1c[n+](C)c(-c2c(C)ccc3c2oc2ccccc23)cc1C.[2H]C([2H])([2H])c1ccc(-c2c(C)cc(C([2H])([2H])[2H])c3c2oc2ccccc23)[n+](C)c1. The van der Waals surface area contributed by atoms with Crippen LogP contribution in [0, 0.1) is 75.8 Å². The molecule has 468 valence electrons. The van der Waals surface area contributed by atoms with E-state index in [9.17, 15) is 0 Å². The third kappa shape index (κ3) is 11.2. The van der Waals surface area contributed by atoms with Gasteiger partial charge < -0.3 is 17.7 Å². The van der Waals surface area contributed by atoms with Crippen molar-refractivity contribution in [3.05, 3.63) is 261 Å². The average Bonchev–Trinajstić information content (AvgIpc) is 1.62. The highest BCUT2D eigenvalue weighted by Gasteiger charge is 2.27. The number of aromatic nitrogens is 4. The monoisotopic (exact) mass is 1260 g/mol. The average molecular weight is 1260 g/mol. The molecule has 0 amide bonds. The first-order valence-electron chi connectivity index (χ1n) is 40.5. The number of furan rings is 4. The molecular formula is C86H84N4O4+4. The molecule has 16 rings (SSSR count). The molecule has 0 aliphatic carbocycles. The molecule has 0 bridgehead atoms. The summed E-state index contributed by atoms with van der Waals surface area (Å²) in [5.74, 6) is -1.70. The first-order valence-corrected chi connectivity index (χ1v) is 31.0. The van der Waals surface area contributed by atoms with Crippen LogP contribution < -0.4 is 18.3 Å². The van der Waals surface area contributed by atoms with Gasteiger partial charge in [-0.05, 0) is 162 Å². The maximum atomic E-state index is 8.46. The quantitative estimate of drug-likeness (QED) is 0.161. The number of benzene rings is 8. The van der Waals surface area contributed by atoms with E-state index in [0.29, 0.717) is 49.8 Å². The normalized spacial score (nSPS) is 16.0. The van der Waals surface area contributed by atoms with Crippen molar-refractivity contribution in [3.63, 3.8) is 0 Å². The zero-order valence-electron chi connectivity index (χ0n) is 73.4. The number of pyridine rings is 4. The molecule has 8 nitrogen and oxygen atoms in total. The molecular weight excluding hydrogens is 1150 g/mol. The van der Waals surface area contributed by atoms with E-state index in [1.54, 1.807) is 85.1 Å². The summed E-state index contributed by atoms with van der Waals surface area (Å²) in [7, 11) is 7.35. The number of hydrogen-bond donors (Lipinski definition) is 0. The fraction of sp³-hybridized carbons (Fsp3) is 0.209. The Hall–Kier alpha value is -10.4. The Morgan fingerprint density at radius 2 is 0.734 bits per heavy atom. The van der Waals surface area contributed by atoms with E-state index in [2.05, 4.69) is 37.3 Å². The van der Waals surface area contributed by atoms with Gasteiger partial charge in [0.2, 0.25) is 22.8 Å². The summed E-state index contributed by atoms with van der Waals surface area (Å²) in [6.07, 6.45) is 6.71. The van der Waals surface area contributed by atoms with Crippen LogP contribution in [0.25, 0.3) is 133 Å². The first-order chi connectivity index (χ1) is 52.8. The van der Waals surface area contributed by atoms with Gasteiger partial charge in [0, 0.05) is 116 Å². The lowest BCUT2D eigenvalue weighted by atomic mass is 9.96. The topological polar surface area (TPSA) is 68.1 Å². The van der Waals surface area contributed by atoms with Crippen molar-refractivity contribution in [2.75, 3.05) is 0 Å². The summed E-state index contributed by atoms with van der Waals surface area (Å²) in [4.78, 5) is 0. The van der Waals surface area contributed by atoms with Gasteiger partial charge in [0.05, 0.1) is 22.3 Å². The molecule has 1 unspecified atom stereocenters. The van der Waals surface area contributed by atoms with Crippen LogP contribution in [0.1, 0.15) is 112 Å². The van der Waals surface area contributed by atoms with Gasteiger partial charge in [-0.25, -0.2) is 18.3 Å². The zero-order valence-corrected chi connectivity index (χ0v) is 54.4. The third-order valence-electron chi connectivity index (χ3n) is 17.9. The first kappa shape index (κ1) is 43.4. The Morgan fingerprint density at radius 1 is 0.330 bits per heavy atom. The van der Waals surface area contributed by atoms with Gasteiger partial charge in [-0.3, -0.25) is 0 Å². The molecule has 0 radical (unpaired) electrons. The van der Waals surface area contributed by atoms with Gasteiger partial charge in [-0.2, -0.15) is 0 Å². The molecule has 0 saturated carbocycles. The van der Waals surface area contributed by atoms with Crippen LogP contribution in [0.5, 0.6) is 0 Å². The molecule has 16 aromatic rings. The highest BCUT2D eigenvalue weighted by atomic mass is 16.3. The van der Waals surface area contributed by atoms with Crippen LogP contribution >= 0.6 is 0 Å². The van der Waals surface area contributed by atoms with Crippen LogP contribution in [-0.2, 0) is 28.2 Å². The van der Waals surface area contributed by atoms with E-state index in [-0.39, 0.29) is 22.3 Å². The maximum absolute atomic E-state index is 8.46. The van der Waals surface area contributed by atoms with Gasteiger partial charge in [0.25, 0.3) is 0 Å². The molecule has 0 fully saturated rings. The molecule has 8 aromatic heterocycles. The summed E-state index contributed by atoms with van der Waals surface area (Å²) >= 11 is 0. The lowest BCUT2D eigenvalue weighted by Gasteiger charge is -2.09. The van der Waals surface area contributed by atoms with Crippen molar-refractivity contribution >= 4 is 87.8 Å². The summed E-state index contributed by atoms with van der Waals surface area (Å²) in [5, 5.41) is 6.86. The van der Waals surface area contributed by atoms with E-state index < -0.39 is 47.0 Å². The lowest BCUT2D eigenvalue weighted by molar-refractivity contribution is -0.660. The molecule has 0 N–H and O–H groups in total. The molecule has 0 aliphatic rings. The Bertz CT molecular complexity index is 6460. The predicted octanol–water partition coefficient (Wildman–Crippen LogP) is 20.8. The molecule has 94 heavy (non-hydrogen) atoms. The minimum atomic E-state index is -2.43. The molecule has 0 saturated heterocycles. The summed E-state index contributed by atoms with van der Waals surface area (Å²) < 4.78 is 181. The van der Waals surface area contributed by atoms with E-state index in [4.69, 9.17) is 43.7 Å². The van der Waals surface area contributed by atoms with Gasteiger partial charge in [0.1, 0.15) is 72.9 Å². The zero-order chi connectivity index (χ0) is 82.0. The molecule has 8 heterocycles. The Morgan fingerprint density at radius 3 is 1.18 bits per heavy atom. The van der Waals surface area contributed by atoms with Crippen LogP contribution in [0.4, 0.5) is 0 Å². The van der Waals surface area contributed by atoms with Gasteiger partial charge in [-0.15, -0.1) is 0 Å². The number of aryl methyl sites for hydroxylation is 15. The van der Waals surface area contributed by atoms with Crippen LogP contribution in [0.3, 0.4) is 0 Å².